The highest BCUT2D eigenvalue weighted by Gasteiger charge is 2.59. The average molecular weight is 382 g/mol. The van der Waals surface area contributed by atoms with Crippen LogP contribution in [0, 0.1) is 11.3 Å². The number of rotatable bonds is 5. The molecule has 0 spiro atoms. The fraction of sp³-hybridized carbons (Fsp3) is 0.632. The van der Waals surface area contributed by atoms with Gasteiger partial charge in [-0.3, -0.25) is 4.99 Å². The molecule has 2 aliphatic rings. The molecule has 25 heavy (non-hydrogen) atoms. The van der Waals surface area contributed by atoms with Crippen molar-refractivity contribution < 1.29 is 4.74 Å². The minimum Gasteiger partial charge on any atom is -0.377 e. The molecule has 4 atom stereocenters. The number of guanidine groups is 1. The van der Waals surface area contributed by atoms with Crippen molar-refractivity contribution in [1.29, 1.82) is 0 Å². The summed E-state index contributed by atoms with van der Waals surface area (Å²) >= 11 is 7.95. The summed E-state index contributed by atoms with van der Waals surface area (Å²) in [6.07, 6.45) is 3.64. The summed E-state index contributed by atoms with van der Waals surface area (Å²) in [5.41, 5.74) is 1.38. The smallest absolute Gasteiger partial charge is 0.191 e. The summed E-state index contributed by atoms with van der Waals surface area (Å²) in [4.78, 5) is 4.43. The van der Waals surface area contributed by atoms with E-state index in [9.17, 15) is 0 Å². The minimum absolute atomic E-state index is 0.144. The van der Waals surface area contributed by atoms with Crippen LogP contribution < -0.4 is 10.6 Å². The Hall–Kier alpha value is -0.910. The molecule has 0 aromatic heterocycles. The molecule has 1 heterocycles. The lowest BCUT2D eigenvalue weighted by atomic mass is 9.57. The highest BCUT2D eigenvalue weighted by Crippen LogP contribution is 2.52. The molecule has 1 saturated heterocycles. The van der Waals surface area contributed by atoms with Crippen LogP contribution >= 0.6 is 23.4 Å². The van der Waals surface area contributed by atoms with Crippen LogP contribution in [0.4, 0.5) is 0 Å². The normalized spacial score (nSPS) is 28.8. The third kappa shape index (κ3) is 3.79. The van der Waals surface area contributed by atoms with E-state index in [1.165, 1.54) is 5.56 Å². The Morgan fingerprint density at radius 3 is 2.96 bits per heavy atom. The first-order chi connectivity index (χ1) is 12.0. The van der Waals surface area contributed by atoms with E-state index in [4.69, 9.17) is 16.3 Å². The van der Waals surface area contributed by atoms with Crippen molar-refractivity contribution >= 4 is 29.3 Å². The van der Waals surface area contributed by atoms with E-state index in [2.05, 4.69) is 41.8 Å². The molecule has 0 amide bonds. The van der Waals surface area contributed by atoms with E-state index in [0.29, 0.717) is 23.3 Å². The van der Waals surface area contributed by atoms with Crippen LogP contribution in [0.25, 0.3) is 0 Å². The number of hydrogen-bond acceptors (Lipinski definition) is 3. The number of aliphatic imine (C=N–C) groups is 1. The first kappa shape index (κ1) is 18.9. The lowest BCUT2D eigenvalue weighted by Crippen LogP contribution is -2.68. The summed E-state index contributed by atoms with van der Waals surface area (Å²) in [6.45, 7) is 6.24. The second kappa shape index (κ2) is 7.77. The number of nitrogens with one attached hydrogen (secondary N) is 2. The molecule has 3 rings (SSSR count). The highest BCUT2D eigenvalue weighted by molar-refractivity contribution is 7.98. The number of fused-ring (bicyclic) bond motifs is 1. The molecule has 2 fully saturated rings. The van der Waals surface area contributed by atoms with Gasteiger partial charge in [-0.2, -0.15) is 11.8 Å². The van der Waals surface area contributed by atoms with E-state index in [1.807, 2.05) is 37.0 Å². The van der Waals surface area contributed by atoms with Crippen LogP contribution in [0.15, 0.2) is 29.3 Å². The second-order valence-corrected chi connectivity index (χ2v) is 8.90. The van der Waals surface area contributed by atoms with Gasteiger partial charge < -0.3 is 15.4 Å². The molecule has 138 valence electrons. The molecule has 6 heteroatoms. The predicted octanol–water partition coefficient (Wildman–Crippen LogP) is 3.72. The van der Waals surface area contributed by atoms with Gasteiger partial charge in [-0.25, -0.2) is 0 Å². The molecule has 4 nitrogen and oxygen atoms in total. The van der Waals surface area contributed by atoms with Gasteiger partial charge in [0.15, 0.2) is 5.96 Å². The fourth-order valence-corrected chi connectivity index (χ4v) is 5.06. The Labute approximate surface area is 160 Å². The Bertz CT molecular complexity index is 637. The van der Waals surface area contributed by atoms with E-state index in [1.54, 1.807) is 0 Å². The molecule has 1 aromatic rings. The van der Waals surface area contributed by atoms with Gasteiger partial charge in [0, 0.05) is 47.8 Å². The van der Waals surface area contributed by atoms with Gasteiger partial charge in [0.2, 0.25) is 0 Å². The zero-order chi connectivity index (χ0) is 18.0. The van der Waals surface area contributed by atoms with Crippen molar-refractivity contribution in [2.24, 2.45) is 16.3 Å². The van der Waals surface area contributed by atoms with Crippen molar-refractivity contribution in [3.05, 3.63) is 34.9 Å². The van der Waals surface area contributed by atoms with Crippen molar-refractivity contribution in [3.8, 4) is 0 Å². The maximum atomic E-state index is 6.14. The SMILES string of the molecule is CN=C(NCC(SC)c1cccc(Cl)c1)NC1C2CCOC2C1(C)C. The Balaban J connectivity index is 1.59. The molecule has 4 unspecified atom stereocenters. The molecule has 1 saturated carbocycles. The maximum absolute atomic E-state index is 6.14. The summed E-state index contributed by atoms with van der Waals surface area (Å²) in [5, 5.41) is 8.23. The van der Waals surface area contributed by atoms with Gasteiger partial charge >= 0.3 is 0 Å². The minimum atomic E-state index is 0.144. The number of benzene rings is 1. The van der Waals surface area contributed by atoms with Crippen LogP contribution in [0.1, 0.15) is 31.1 Å². The molecule has 0 radical (unpaired) electrons. The van der Waals surface area contributed by atoms with Gasteiger partial charge in [0.25, 0.3) is 0 Å². The van der Waals surface area contributed by atoms with Crippen LogP contribution in [0.5, 0.6) is 0 Å². The van der Waals surface area contributed by atoms with Crippen molar-refractivity contribution in [2.75, 3.05) is 26.5 Å². The predicted molar refractivity (Wildman–Crippen MR) is 108 cm³/mol. The van der Waals surface area contributed by atoms with E-state index in [0.717, 1.165) is 30.6 Å². The van der Waals surface area contributed by atoms with Crippen LogP contribution in [0.3, 0.4) is 0 Å². The maximum Gasteiger partial charge on any atom is 0.191 e. The quantitative estimate of drug-likeness (QED) is 0.602. The third-order valence-electron chi connectivity index (χ3n) is 5.58. The Morgan fingerprint density at radius 1 is 1.48 bits per heavy atom. The topological polar surface area (TPSA) is 45.7 Å². The number of hydrogen-bond donors (Lipinski definition) is 2. The zero-order valence-corrected chi connectivity index (χ0v) is 17.0. The van der Waals surface area contributed by atoms with E-state index in [-0.39, 0.29) is 5.41 Å². The lowest BCUT2D eigenvalue weighted by molar-refractivity contribution is -0.106. The second-order valence-electron chi connectivity index (χ2n) is 7.42. The van der Waals surface area contributed by atoms with Gasteiger partial charge in [0.1, 0.15) is 0 Å². The number of halogens is 1. The van der Waals surface area contributed by atoms with Crippen LogP contribution in [-0.4, -0.2) is 44.6 Å². The van der Waals surface area contributed by atoms with E-state index < -0.39 is 0 Å². The summed E-state index contributed by atoms with van der Waals surface area (Å²) < 4.78 is 5.88. The highest BCUT2D eigenvalue weighted by atomic mass is 35.5. The largest absolute Gasteiger partial charge is 0.377 e. The molecule has 1 aliphatic carbocycles. The number of thioether (sulfide) groups is 1. The summed E-state index contributed by atoms with van der Waals surface area (Å²) in [5.74, 6) is 1.46. The monoisotopic (exact) mass is 381 g/mol. The zero-order valence-electron chi connectivity index (χ0n) is 15.4. The van der Waals surface area contributed by atoms with Crippen LogP contribution in [-0.2, 0) is 4.74 Å². The van der Waals surface area contributed by atoms with E-state index >= 15 is 0 Å². The first-order valence-electron chi connectivity index (χ1n) is 8.84. The standard InChI is InChI=1S/C19H28ClN3OS/c1-19(2)16(14-8-9-24-17(14)19)23-18(21-3)22-11-15(25-4)12-6-5-7-13(20)10-12/h5-7,10,14-17H,8-9,11H2,1-4H3,(H2,21,22,23). The van der Waals surface area contributed by atoms with Gasteiger partial charge in [-0.1, -0.05) is 37.6 Å². The molecule has 1 aromatic carbocycles. The first-order valence-corrected chi connectivity index (χ1v) is 10.5. The van der Waals surface area contributed by atoms with Crippen molar-refractivity contribution in [3.63, 3.8) is 0 Å². The average Bonchev–Trinajstić information content (AvgIpc) is 3.05. The Morgan fingerprint density at radius 2 is 2.28 bits per heavy atom. The summed E-state index contributed by atoms with van der Waals surface area (Å²) in [6, 6.07) is 8.49. The molecular formula is C19H28ClN3OS. The van der Waals surface area contributed by atoms with Crippen LogP contribution in [0.2, 0.25) is 5.02 Å². The summed E-state index contributed by atoms with van der Waals surface area (Å²) in [7, 11) is 1.83. The van der Waals surface area contributed by atoms with Crippen molar-refractivity contribution in [2.45, 2.75) is 37.7 Å². The molecule has 1 aliphatic heterocycles. The lowest BCUT2D eigenvalue weighted by Gasteiger charge is -2.54. The van der Waals surface area contributed by atoms with Crippen molar-refractivity contribution in [1.82, 2.24) is 10.6 Å². The number of nitrogens with zero attached hydrogens (tertiary/aromatic N) is 1. The molecule has 2 N–H and O–H groups in total. The number of ether oxygens (including phenoxy) is 1. The molecular weight excluding hydrogens is 354 g/mol. The molecule has 0 bridgehead atoms. The Kier molecular flexibility index (Phi) is 5.86. The van der Waals surface area contributed by atoms with Gasteiger partial charge in [-0.15, -0.1) is 0 Å². The third-order valence-corrected chi connectivity index (χ3v) is 6.82. The fourth-order valence-electron chi connectivity index (χ4n) is 4.19. The van der Waals surface area contributed by atoms with Gasteiger partial charge in [0.05, 0.1) is 6.10 Å². The van der Waals surface area contributed by atoms with Gasteiger partial charge in [-0.05, 0) is 30.4 Å².